The molecule has 2 N–H and O–H groups in total. The first-order chi connectivity index (χ1) is 13.7. The van der Waals surface area contributed by atoms with Crippen molar-refractivity contribution < 1.29 is 27.9 Å². The van der Waals surface area contributed by atoms with E-state index in [0.717, 1.165) is 12.1 Å². The molecule has 29 heavy (non-hydrogen) atoms. The predicted molar refractivity (Wildman–Crippen MR) is 98.7 cm³/mol. The fourth-order valence-electron chi connectivity index (χ4n) is 3.87. The lowest BCUT2D eigenvalue weighted by Gasteiger charge is -2.24. The second kappa shape index (κ2) is 8.48. The standard InChI is InChI=1S/C20H21F3N2O4/c1-2-29-19(26)17-15(12-6-4-3-5-7-12)18(25(27)28)16(24-17)13-8-10-14(11-9-13)20(21,22)23/h3-11,15-19,24,26H,2H2,1H3. The highest BCUT2D eigenvalue weighted by Gasteiger charge is 2.54. The maximum atomic E-state index is 12.9. The molecule has 1 heterocycles. The molecule has 1 fully saturated rings. The summed E-state index contributed by atoms with van der Waals surface area (Å²) in [5, 5.41) is 25.5. The second-order valence-electron chi connectivity index (χ2n) is 6.85. The molecule has 1 saturated heterocycles. The smallest absolute Gasteiger partial charge is 0.367 e. The van der Waals surface area contributed by atoms with Crippen LogP contribution in [0, 0.1) is 10.1 Å². The Bertz CT molecular complexity index is 830. The molecule has 0 saturated carbocycles. The van der Waals surface area contributed by atoms with Crippen LogP contribution in [0.2, 0.25) is 0 Å². The number of hydrogen-bond donors (Lipinski definition) is 2. The largest absolute Gasteiger partial charge is 0.416 e. The fourth-order valence-corrected chi connectivity index (χ4v) is 3.87. The van der Waals surface area contributed by atoms with E-state index in [1.165, 1.54) is 12.1 Å². The van der Waals surface area contributed by atoms with Gasteiger partial charge in [0.05, 0.1) is 17.5 Å². The van der Waals surface area contributed by atoms with Crippen LogP contribution in [0.3, 0.4) is 0 Å². The quantitative estimate of drug-likeness (QED) is 0.433. The van der Waals surface area contributed by atoms with E-state index in [1.54, 1.807) is 37.3 Å². The molecule has 2 aromatic rings. The maximum absolute atomic E-state index is 12.9. The summed E-state index contributed by atoms with van der Waals surface area (Å²) in [6.07, 6.45) is -5.81. The van der Waals surface area contributed by atoms with Crippen molar-refractivity contribution in [3.63, 3.8) is 0 Å². The van der Waals surface area contributed by atoms with Crippen molar-refractivity contribution in [3.8, 4) is 0 Å². The van der Waals surface area contributed by atoms with Gasteiger partial charge in [0.15, 0.2) is 6.29 Å². The summed E-state index contributed by atoms with van der Waals surface area (Å²) in [6, 6.07) is 10.1. The molecule has 0 aliphatic carbocycles. The summed E-state index contributed by atoms with van der Waals surface area (Å²) in [6.45, 7) is 1.89. The second-order valence-corrected chi connectivity index (χ2v) is 6.85. The molecule has 156 valence electrons. The van der Waals surface area contributed by atoms with E-state index in [4.69, 9.17) is 4.74 Å². The first-order valence-electron chi connectivity index (χ1n) is 9.15. The van der Waals surface area contributed by atoms with Gasteiger partial charge in [0.1, 0.15) is 6.04 Å². The topological polar surface area (TPSA) is 84.6 Å². The predicted octanol–water partition coefficient (Wildman–Crippen LogP) is 3.50. The molecular weight excluding hydrogens is 389 g/mol. The van der Waals surface area contributed by atoms with Crippen LogP contribution < -0.4 is 5.32 Å². The third-order valence-corrected chi connectivity index (χ3v) is 5.14. The van der Waals surface area contributed by atoms with Crippen LogP contribution in [-0.2, 0) is 10.9 Å². The van der Waals surface area contributed by atoms with Crippen molar-refractivity contribution in [1.29, 1.82) is 0 Å². The van der Waals surface area contributed by atoms with Crippen molar-refractivity contribution in [2.45, 2.75) is 43.4 Å². The van der Waals surface area contributed by atoms with E-state index in [9.17, 15) is 28.4 Å². The normalized spacial score (nSPS) is 25.7. The number of alkyl halides is 3. The van der Waals surface area contributed by atoms with Crippen molar-refractivity contribution in [2.75, 3.05) is 6.61 Å². The highest BCUT2D eigenvalue weighted by Crippen LogP contribution is 2.42. The SMILES string of the molecule is CCOC(O)C1NC(c2ccc(C(F)(F)F)cc2)C([N+](=O)[O-])C1c1ccccc1. The Hall–Kier alpha value is -2.49. The van der Waals surface area contributed by atoms with Gasteiger partial charge in [-0.3, -0.25) is 15.4 Å². The summed E-state index contributed by atoms with van der Waals surface area (Å²) in [4.78, 5) is 11.5. The van der Waals surface area contributed by atoms with E-state index >= 15 is 0 Å². The average Bonchev–Trinajstić information content (AvgIpc) is 3.09. The Morgan fingerprint density at radius 2 is 1.76 bits per heavy atom. The minimum atomic E-state index is -4.50. The molecule has 9 heteroatoms. The summed E-state index contributed by atoms with van der Waals surface area (Å²) in [5.41, 5.74) is 0.147. The Morgan fingerprint density at radius 3 is 2.28 bits per heavy atom. The Labute approximate surface area is 165 Å². The van der Waals surface area contributed by atoms with Crippen molar-refractivity contribution in [2.24, 2.45) is 0 Å². The average molecular weight is 410 g/mol. The molecule has 0 amide bonds. The van der Waals surface area contributed by atoms with Gasteiger partial charge in [-0.05, 0) is 30.2 Å². The lowest BCUT2D eigenvalue weighted by Crippen LogP contribution is -2.41. The molecular formula is C20H21F3N2O4. The molecule has 0 radical (unpaired) electrons. The van der Waals surface area contributed by atoms with E-state index < -0.39 is 47.0 Å². The van der Waals surface area contributed by atoms with Crippen LogP contribution in [0.25, 0.3) is 0 Å². The minimum Gasteiger partial charge on any atom is -0.367 e. The number of nitro groups is 1. The zero-order valence-electron chi connectivity index (χ0n) is 15.5. The molecule has 1 aliphatic rings. The van der Waals surface area contributed by atoms with Crippen LogP contribution in [0.15, 0.2) is 54.6 Å². The van der Waals surface area contributed by atoms with Crippen molar-refractivity contribution in [3.05, 3.63) is 81.4 Å². The van der Waals surface area contributed by atoms with Gasteiger partial charge in [-0.15, -0.1) is 0 Å². The zero-order valence-corrected chi connectivity index (χ0v) is 15.5. The van der Waals surface area contributed by atoms with Crippen LogP contribution in [-0.4, -0.2) is 35.0 Å². The number of rotatable bonds is 6. The van der Waals surface area contributed by atoms with Gasteiger partial charge in [-0.1, -0.05) is 42.5 Å². The molecule has 1 aliphatic heterocycles. The molecule has 2 aromatic carbocycles. The minimum absolute atomic E-state index is 0.203. The summed E-state index contributed by atoms with van der Waals surface area (Å²) in [7, 11) is 0. The molecule has 5 atom stereocenters. The van der Waals surface area contributed by atoms with Gasteiger partial charge in [-0.25, -0.2) is 0 Å². The summed E-state index contributed by atoms with van der Waals surface area (Å²) in [5.74, 6) is -0.736. The number of aliphatic hydroxyl groups is 1. The summed E-state index contributed by atoms with van der Waals surface area (Å²) < 4.78 is 43.9. The molecule has 3 rings (SSSR count). The van der Waals surface area contributed by atoms with E-state index in [1.807, 2.05) is 0 Å². The van der Waals surface area contributed by atoms with Gasteiger partial charge in [0.2, 0.25) is 6.04 Å². The number of ether oxygens (including phenoxy) is 1. The van der Waals surface area contributed by atoms with Gasteiger partial charge in [0.25, 0.3) is 0 Å². The highest BCUT2D eigenvalue weighted by atomic mass is 19.4. The molecule has 6 nitrogen and oxygen atoms in total. The summed E-state index contributed by atoms with van der Waals surface area (Å²) >= 11 is 0. The lowest BCUT2D eigenvalue weighted by molar-refractivity contribution is -0.527. The third-order valence-electron chi connectivity index (χ3n) is 5.14. The van der Waals surface area contributed by atoms with E-state index in [-0.39, 0.29) is 6.61 Å². The van der Waals surface area contributed by atoms with Gasteiger partial charge < -0.3 is 9.84 Å². The number of aliphatic hydroxyl groups excluding tert-OH is 1. The maximum Gasteiger partial charge on any atom is 0.416 e. The van der Waals surface area contributed by atoms with Gasteiger partial charge >= 0.3 is 6.18 Å². The van der Waals surface area contributed by atoms with Crippen LogP contribution in [0.4, 0.5) is 13.2 Å². The number of halogens is 3. The number of benzene rings is 2. The highest BCUT2D eigenvalue weighted by molar-refractivity contribution is 5.33. The molecule has 0 spiro atoms. The van der Waals surface area contributed by atoms with Crippen LogP contribution >= 0.6 is 0 Å². The van der Waals surface area contributed by atoms with Gasteiger partial charge in [0, 0.05) is 11.5 Å². The number of hydrogen-bond acceptors (Lipinski definition) is 5. The van der Waals surface area contributed by atoms with Gasteiger partial charge in [-0.2, -0.15) is 13.2 Å². The third kappa shape index (κ3) is 4.42. The van der Waals surface area contributed by atoms with E-state index in [0.29, 0.717) is 11.1 Å². The van der Waals surface area contributed by atoms with Crippen LogP contribution in [0.5, 0.6) is 0 Å². The zero-order chi connectivity index (χ0) is 21.2. The first kappa shape index (κ1) is 21.2. The number of nitrogens with zero attached hydrogens (tertiary/aromatic N) is 1. The Kier molecular flexibility index (Phi) is 6.21. The first-order valence-corrected chi connectivity index (χ1v) is 9.15. The molecule has 0 aromatic heterocycles. The fraction of sp³-hybridized carbons (Fsp3) is 0.400. The Morgan fingerprint density at radius 1 is 1.14 bits per heavy atom. The molecule has 5 unspecified atom stereocenters. The van der Waals surface area contributed by atoms with Crippen LogP contribution in [0.1, 0.15) is 35.6 Å². The molecule has 0 bridgehead atoms. The monoisotopic (exact) mass is 410 g/mol. The lowest BCUT2D eigenvalue weighted by atomic mass is 9.85. The number of nitrogens with one attached hydrogen (secondary N) is 1. The Balaban J connectivity index is 2.02. The van der Waals surface area contributed by atoms with E-state index in [2.05, 4.69) is 5.32 Å². The van der Waals surface area contributed by atoms with Crippen molar-refractivity contribution >= 4 is 0 Å². The van der Waals surface area contributed by atoms with Crippen molar-refractivity contribution in [1.82, 2.24) is 5.32 Å².